The number of amides is 2. The molecule has 2 amide bonds. The molecular formula is C19H16Cl2N4O2S2. The number of anilines is 2. The number of carbonyl (C=O) groups excluding carboxylic acids is 2. The number of hydrogen-bond donors (Lipinski definition) is 2. The fourth-order valence-corrected chi connectivity index (χ4v) is 4.34. The minimum Gasteiger partial charge on any atom is -0.325 e. The summed E-state index contributed by atoms with van der Waals surface area (Å²) in [4.78, 5) is 24.5. The third-order valence-corrected chi connectivity index (χ3v) is 6.35. The Morgan fingerprint density at radius 1 is 1.00 bits per heavy atom. The average molecular weight is 467 g/mol. The lowest BCUT2D eigenvalue weighted by Gasteiger charge is -2.05. The average Bonchev–Trinajstić information content (AvgIpc) is 3.09. The molecular weight excluding hydrogens is 451 g/mol. The van der Waals surface area contributed by atoms with Crippen LogP contribution in [0.2, 0.25) is 10.0 Å². The first-order valence-corrected chi connectivity index (χ1v) is 11.0. The number of nitrogens with zero attached hydrogens (tertiary/aromatic N) is 2. The largest absolute Gasteiger partial charge is 0.325 e. The zero-order valence-electron chi connectivity index (χ0n) is 15.5. The van der Waals surface area contributed by atoms with Crippen molar-refractivity contribution in [2.45, 2.75) is 18.2 Å². The number of nitrogens with one attached hydrogen (secondary N) is 2. The molecule has 0 aliphatic rings. The second kappa shape index (κ2) is 9.58. The predicted molar refractivity (Wildman–Crippen MR) is 120 cm³/mol. The van der Waals surface area contributed by atoms with Gasteiger partial charge >= 0.3 is 0 Å². The first-order chi connectivity index (χ1) is 13.8. The lowest BCUT2D eigenvalue weighted by Crippen LogP contribution is -2.13. The van der Waals surface area contributed by atoms with Crippen LogP contribution in [0.15, 0.2) is 40.7 Å². The maximum atomic E-state index is 12.4. The first kappa shape index (κ1) is 21.6. The van der Waals surface area contributed by atoms with Crippen LogP contribution in [0.5, 0.6) is 0 Å². The van der Waals surface area contributed by atoms with Gasteiger partial charge in [-0.3, -0.25) is 14.9 Å². The molecule has 3 aromatic rings. The molecule has 2 aromatic carbocycles. The van der Waals surface area contributed by atoms with Gasteiger partial charge in [0.1, 0.15) is 0 Å². The molecule has 0 saturated carbocycles. The number of aryl methyl sites for hydroxylation is 2. The predicted octanol–water partition coefficient (Wildman–Crippen LogP) is 5.44. The monoisotopic (exact) mass is 466 g/mol. The highest BCUT2D eigenvalue weighted by Gasteiger charge is 2.13. The van der Waals surface area contributed by atoms with E-state index < -0.39 is 0 Å². The van der Waals surface area contributed by atoms with Crippen molar-refractivity contribution in [1.29, 1.82) is 0 Å². The molecule has 2 N–H and O–H groups in total. The standard InChI is InChI=1S/C19H16Cl2N4O2S2/c1-10-5-11(2)7-12(6-10)17(27)23-18-24-25-19(29-18)28-9-16(26)22-13-3-4-14(20)15(21)8-13/h3-8H,9H2,1-2H3,(H,22,26)(H,23,24,27). The highest BCUT2D eigenvalue weighted by molar-refractivity contribution is 8.01. The van der Waals surface area contributed by atoms with Crippen LogP contribution < -0.4 is 10.6 Å². The Morgan fingerprint density at radius 3 is 2.41 bits per heavy atom. The SMILES string of the molecule is Cc1cc(C)cc(C(=O)Nc2nnc(SCC(=O)Nc3ccc(Cl)c(Cl)c3)s2)c1. The molecule has 0 aliphatic heterocycles. The lowest BCUT2D eigenvalue weighted by molar-refractivity contribution is -0.113. The van der Waals surface area contributed by atoms with Gasteiger partial charge in [-0.1, -0.05) is 63.5 Å². The Balaban J connectivity index is 1.53. The summed E-state index contributed by atoms with van der Waals surface area (Å²) in [5, 5.41) is 14.6. The molecule has 150 valence electrons. The van der Waals surface area contributed by atoms with E-state index in [-0.39, 0.29) is 17.6 Å². The number of benzene rings is 2. The molecule has 0 radical (unpaired) electrons. The van der Waals surface area contributed by atoms with Gasteiger partial charge in [0, 0.05) is 11.3 Å². The highest BCUT2D eigenvalue weighted by atomic mass is 35.5. The van der Waals surface area contributed by atoms with Crippen LogP contribution in [0.25, 0.3) is 0 Å². The summed E-state index contributed by atoms with van der Waals surface area (Å²) >= 11 is 14.2. The molecule has 0 aliphatic carbocycles. The molecule has 3 rings (SSSR count). The van der Waals surface area contributed by atoms with Crippen molar-refractivity contribution in [2.24, 2.45) is 0 Å². The van der Waals surface area contributed by atoms with E-state index in [0.717, 1.165) is 11.1 Å². The van der Waals surface area contributed by atoms with E-state index in [0.29, 0.717) is 30.8 Å². The van der Waals surface area contributed by atoms with E-state index in [4.69, 9.17) is 23.2 Å². The van der Waals surface area contributed by atoms with Gasteiger partial charge in [0.15, 0.2) is 4.34 Å². The smallest absolute Gasteiger partial charge is 0.257 e. The van der Waals surface area contributed by atoms with Crippen molar-refractivity contribution < 1.29 is 9.59 Å². The third-order valence-electron chi connectivity index (χ3n) is 3.64. The van der Waals surface area contributed by atoms with Gasteiger partial charge in [-0.25, -0.2) is 0 Å². The Morgan fingerprint density at radius 2 is 1.72 bits per heavy atom. The van der Waals surface area contributed by atoms with Gasteiger partial charge in [-0.15, -0.1) is 10.2 Å². The number of halogens is 2. The Kier molecular flexibility index (Phi) is 7.13. The van der Waals surface area contributed by atoms with Crippen molar-refractivity contribution in [3.05, 3.63) is 63.1 Å². The van der Waals surface area contributed by atoms with Crippen LogP contribution in [-0.2, 0) is 4.79 Å². The quantitative estimate of drug-likeness (QED) is 0.372. The maximum Gasteiger partial charge on any atom is 0.257 e. The molecule has 0 atom stereocenters. The van der Waals surface area contributed by atoms with Crippen LogP contribution in [0, 0.1) is 13.8 Å². The van der Waals surface area contributed by atoms with Crippen molar-refractivity contribution in [3.63, 3.8) is 0 Å². The van der Waals surface area contributed by atoms with E-state index in [1.165, 1.54) is 23.1 Å². The summed E-state index contributed by atoms with van der Waals surface area (Å²) in [6, 6.07) is 10.5. The molecule has 1 aromatic heterocycles. The van der Waals surface area contributed by atoms with E-state index in [1.807, 2.05) is 32.0 Å². The Bertz CT molecular complexity index is 1050. The second-order valence-corrected chi connectivity index (χ2v) is 9.18. The minimum atomic E-state index is -0.248. The molecule has 0 spiro atoms. The zero-order chi connectivity index (χ0) is 21.0. The van der Waals surface area contributed by atoms with Crippen LogP contribution >= 0.6 is 46.3 Å². The molecule has 0 fully saturated rings. The topological polar surface area (TPSA) is 84.0 Å². The fraction of sp³-hybridized carbons (Fsp3) is 0.158. The number of carbonyl (C=O) groups is 2. The van der Waals surface area contributed by atoms with Gasteiger partial charge in [0.25, 0.3) is 5.91 Å². The van der Waals surface area contributed by atoms with Gasteiger partial charge in [-0.2, -0.15) is 0 Å². The Hall–Kier alpha value is -2.13. The number of hydrogen-bond acceptors (Lipinski definition) is 6. The van der Waals surface area contributed by atoms with Crippen LogP contribution in [0.3, 0.4) is 0 Å². The van der Waals surface area contributed by atoms with Crippen LogP contribution in [-0.4, -0.2) is 27.8 Å². The summed E-state index contributed by atoms with van der Waals surface area (Å²) < 4.78 is 0.574. The van der Waals surface area contributed by atoms with Gasteiger partial charge < -0.3 is 5.32 Å². The van der Waals surface area contributed by atoms with Crippen LogP contribution in [0.1, 0.15) is 21.5 Å². The maximum absolute atomic E-state index is 12.4. The minimum absolute atomic E-state index is 0.139. The number of thioether (sulfide) groups is 1. The Labute approximate surface area is 186 Å². The lowest BCUT2D eigenvalue weighted by atomic mass is 10.1. The fourth-order valence-electron chi connectivity index (χ4n) is 2.49. The number of aromatic nitrogens is 2. The third kappa shape index (κ3) is 6.17. The molecule has 6 nitrogen and oxygen atoms in total. The molecule has 0 bridgehead atoms. The highest BCUT2D eigenvalue weighted by Crippen LogP contribution is 2.27. The molecule has 10 heteroatoms. The van der Waals surface area contributed by atoms with E-state index in [9.17, 15) is 9.59 Å². The van der Waals surface area contributed by atoms with Gasteiger partial charge in [0.2, 0.25) is 11.0 Å². The number of rotatable bonds is 6. The molecule has 0 saturated heterocycles. The molecule has 29 heavy (non-hydrogen) atoms. The summed E-state index contributed by atoms with van der Waals surface area (Å²) in [5.41, 5.74) is 3.14. The first-order valence-electron chi connectivity index (χ1n) is 8.41. The zero-order valence-corrected chi connectivity index (χ0v) is 18.6. The summed E-state index contributed by atoms with van der Waals surface area (Å²) in [5.74, 6) is -0.328. The van der Waals surface area contributed by atoms with E-state index in [1.54, 1.807) is 18.2 Å². The second-order valence-electron chi connectivity index (χ2n) is 6.17. The normalized spacial score (nSPS) is 10.6. The van der Waals surface area contributed by atoms with Crippen molar-refractivity contribution in [2.75, 3.05) is 16.4 Å². The summed E-state index contributed by atoms with van der Waals surface area (Å²) in [7, 11) is 0. The van der Waals surface area contributed by atoms with E-state index in [2.05, 4.69) is 20.8 Å². The molecule has 1 heterocycles. The summed E-state index contributed by atoms with van der Waals surface area (Å²) in [6.07, 6.45) is 0. The van der Waals surface area contributed by atoms with Gasteiger partial charge in [0.05, 0.1) is 15.8 Å². The van der Waals surface area contributed by atoms with Crippen molar-refractivity contribution in [1.82, 2.24) is 10.2 Å². The van der Waals surface area contributed by atoms with Crippen LogP contribution in [0.4, 0.5) is 10.8 Å². The van der Waals surface area contributed by atoms with E-state index >= 15 is 0 Å². The van der Waals surface area contributed by atoms with Crippen molar-refractivity contribution >= 4 is 68.9 Å². The van der Waals surface area contributed by atoms with Crippen molar-refractivity contribution in [3.8, 4) is 0 Å². The summed E-state index contributed by atoms with van der Waals surface area (Å²) in [6.45, 7) is 3.87. The van der Waals surface area contributed by atoms with Gasteiger partial charge in [-0.05, 0) is 44.2 Å². The molecule has 0 unspecified atom stereocenters.